The number of carboxylic acids is 1. The molecule has 4 heteroatoms. The Morgan fingerprint density at radius 1 is 1.28 bits per heavy atom. The lowest BCUT2D eigenvalue weighted by atomic mass is 9.95. The number of hydrogen-bond donors (Lipinski definition) is 1. The zero-order valence-corrected chi connectivity index (χ0v) is 12.1. The molecular weight excluding hydrogens is 312 g/mol. The summed E-state index contributed by atoms with van der Waals surface area (Å²) in [6, 6.07) is 12.0. The van der Waals surface area contributed by atoms with Crippen LogP contribution in [0.3, 0.4) is 0 Å². The van der Waals surface area contributed by atoms with Gasteiger partial charge in [-0.1, -0.05) is 34.1 Å². The molecule has 0 saturated carbocycles. The quantitative estimate of drug-likeness (QED) is 0.889. The maximum Gasteiger partial charge on any atom is 0.304 e. The second-order valence-corrected chi connectivity index (χ2v) is 6.04. The van der Waals surface area contributed by atoms with Crippen molar-refractivity contribution < 1.29 is 9.90 Å². The molecule has 1 N–H and O–H groups in total. The Labute approximate surface area is 118 Å². The molecule has 18 heavy (non-hydrogen) atoms. The normalized spacial score (nSPS) is 12.3. The van der Waals surface area contributed by atoms with Crippen molar-refractivity contribution in [2.45, 2.75) is 18.8 Å². The van der Waals surface area contributed by atoms with Gasteiger partial charge in [-0.05, 0) is 35.6 Å². The molecule has 0 aliphatic heterocycles. The van der Waals surface area contributed by atoms with Gasteiger partial charge in [-0.2, -0.15) is 0 Å². The first-order valence-electron chi connectivity index (χ1n) is 5.65. The van der Waals surface area contributed by atoms with E-state index in [0.717, 1.165) is 21.3 Å². The SMILES string of the molecule is O=C(O)CC(Cc1ccc(Br)cc1)c1cccs1. The fourth-order valence-electron chi connectivity index (χ4n) is 1.91. The zero-order chi connectivity index (χ0) is 13.0. The summed E-state index contributed by atoms with van der Waals surface area (Å²) >= 11 is 5.02. The standard InChI is InChI=1S/C14H13BrO2S/c15-12-5-3-10(4-6-12)8-11(9-14(16)17)13-2-1-7-18-13/h1-7,11H,8-9H2,(H,16,17). The Hall–Kier alpha value is -1.13. The van der Waals surface area contributed by atoms with Crippen LogP contribution in [0, 0.1) is 0 Å². The average molecular weight is 325 g/mol. The molecule has 2 rings (SSSR count). The van der Waals surface area contributed by atoms with Gasteiger partial charge in [0.05, 0.1) is 6.42 Å². The Kier molecular flexibility index (Phi) is 4.55. The largest absolute Gasteiger partial charge is 0.481 e. The molecule has 0 aliphatic rings. The molecule has 2 aromatic rings. The van der Waals surface area contributed by atoms with E-state index < -0.39 is 5.97 Å². The van der Waals surface area contributed by atoms with Crippen LogP contribution in [0.5, 0.6) is 0 Å². The van der Waals surface area contributed by atoms with E-state index in [2.05, 4.69) is 15.9 Å². The summed E-state index contributed by atoms with van der Waals surface area (Å²) in [5.41, 5.74) is 1.16. The van der Waals surface area contributed by atoms with Gasteiger partial charge in [0.25, 0.3) is 0 Å². The number of carbonyl (C=O) groups is 1. The first-order valence-corrected chi connectivity index (χ1v) is 7.32. The van der Waals surface area contributed by atoms with Gasteiger partial charge < -0.3 is 5.11 Å². The van der Waals surface area contributed by atoms with E-state index >= 15 is 0 Å². The molecule has 1 heterocycles. The minimum atomic E-state index is -0.745. The molecule has 1 atom stereocenters. The minimum absolute atomic E-state index is 0.0590. The van der Waals surface area contributed by atoms with Gasteiger partial charge in [0.2, 0.25) is 0 Å². The first-order chi connectivity index (χ1) is 8.65. The maximum atomic E-state index is 10.9. The maximum absolute atomic E-state index is 10.9. The van der Waals surface area contributed by atoms with Crippen LogP contribution in [-0.2, 0) is 11.2 Å². The van der Waals surface area contributed by atoms with Crippen molar-refractivity contribution in [3.63, 3.8) is 0 Å². The van der Waals surface area contributed by atoms with Crippen molar-refractivity contribution in [2.75, 3.05) is 0 Å². The molecule has 1 aromatic heterocycles. The smallest absolute Gasteiger partial charge is 0.304 e. The highest BCUT2D eigenvalue weighted by Crippen LogP contribution is 2.28. The van der Waals surface area contributed by atoms with Crippen molar-refractivity contribution in [3.8, 4) is 0 Å². The molecule has 0 bridgehead atoms. The number of halogens is 1. The Morgan fingerprint density at radius 2 is 2.00 bits per heavy atom. The molecule has 0 fully saturated rings. The van der Waals surface area contributed by atoms with Crippen LogP contribution in [0.1, 0.15) is 22.8 Å². The monoisotopic (exact) mass is 324 g/mol. The molecule has 0 saturated heterocycles. The Balaban J connectivity index is 2.15. The molecule has 0 radical (unpaired) electrons. The lowest BCUT2D eigenvalue weighted by Gasteiger charge is -2.13. The highest BCUT2D eigenvalue weighted by molar-refractivity contribution is 9.10. The summed E-state index contributed by atoms with van der Waals surface area (Å²) in [5.74, 6) is -0.686. The predicted octanol–water partition coefficient (Wildman–Crippen LogP) is 4.31. The van der Waals surface area contributed by atoms with Crippen LogP contribution >= 0.6 is 27.3 Å². The van der Waals surface area contributed by atoms with Crippen LogP contribution in [0.2, 0.25) is 0 Å². The van der Waals surface area contributed by atoms with E-state index in [9.17, 15) is 4.79 Å². The van der Waals surface area contributed by atoms with E-state index in [-0.39, 0.29) is 12.3 Å². The average Bonchev–Trinajstić information content (AvgIpc) is 2.84. The molecule has 0 aliphatic carbocycles. The minimum Gasteiger partial charge on any atom is -0.481 e. The summed E-state index contributed by atoms with van der Waals surface area (Å²) in [6.07, 6.45) is 0.941. The third-order valence-corrected chi connectivity index (χ3v) is 4.33. The lowest BCUT2D eigenvalue weighted by Crippen LogP contribution is -2.08. The highest BCUT2D eigenvalue weighted by Gasteiger charge is 2.17. The van der Waals surface area contributed by atoms with Crippen molar-refractivity contribution in [2.24, 2.45) is 0 Å². The first kappa shape index (κ1) is 13.3. The third-order valence-electron chi connectivity index (χ3n) is 2.76. The molecule has 94 valence electrons. The molecule has 1 unspecified atom stereocenters. The number of thiophene rings is 1. The topological polar surface area (TPSA) is 37.3 Å². The van der Waals surface area contributed by atoms with Crippen molar-refractivity contribution in [1.29, 1.82) is 0 Å². The summed E-state index contributed by atoms with van der Waals surface area (Å²) in [4.78, 5) is 12.1. The van der Waals surface area contributed by atoms with Gasteiger partial charge in [0.1, 0.15) is 0 Å². The number of carboxylic acid groups (broad SMARTS) is 1. The van der Waals surface area contributed by atoms with Gasteiger partial charge in [-0.25, -0.2) is 0 Å². The lowest BCUT2D eigenvalue weighted by molar-refractivity contribution is -0.137. The molecule has 0 spiro atoms. The van der Waals surface area contributed by atoms with Crippen LogP contribution in [-0.4, -0.2) is 11.1 Å². The number of aliphatic carboxylic acids is 1. The molecule has 0 amide bonds. The summed E-state index contributed by atoms with van der Waals surface area (Å²) in [5, 5.41) is 11.0. The second-order valence-electron chi connectivity index (χ2n) is 4.14. The van der Waals surface area contributed by atoms with Gasteiger partial charge in [-0.15, -0.1) is 11.3 Å². The third kappa shape index (κ3) is 3.68. The van der Waals surface area contributed by atoms with Crippen molar-refractivity contribution in [3.05, 3.63) is 56.7 Å². The zero-order valence-electron chi connectivity index (χ0n) is 9.67. The predicted molar refractivity (Wildman–Crippen MR) is 77.2 cm³/mol. The Morgan fingerprint density at radius 3 is 2.56 bits per heavy atom. The van der Waals surface area contributed by atoms with Crippen LogP contribution < -0.4 is 0 Å². The number of hydrogen-bond acceptors (Lipinski definition) is 2. The fourth-order valence-corrected chi connectivity index (χ4v) is 3.01. The molecule has 2 nitrogen and oxygen atoms in total. The van der Waals surface area contributed by atoms with E-state index in [1.165, 1.54) is 0 Å². The van der Waals surface area contributed by atoms with E-state index in [4.69, 9.17) is 5.11 Å². The van der Waals surface area contributed by atoms with Crippen molar-refractivity contribution in [1.82, 2.24) is 0 Å². The fraction of sp³-hybridized carbons (Fsp3) is 0.214. The van der Waals surface area contributed by atoms with Crippen LogP contribution in [0.4, 0.5) is 0 Å². The highest BCUT2D eigenvalue weighted by atomic mass is 79.9. The number of benzene rings is 1. The Bertz CT molecular complexity index is 505. The van der Waals surface area contributed by atoms with Crippen LogP contribution in [0.15, 0.2) is 46.3 Å². The van der Waals surface area contributed by atoms with Gasteiger partial charge in [0.15, 0.2) is 0 Å². The van der Waals surface area contributed by atoms with Gasteiger partial charge in [-0.3, -0.25) is 4.79 Å². The van der Waals surface area contributed by atoms with Gasteiger partial charge >= 0.3 is 5.97 Å². The van der Waals surface area contributed by atoms with E-state index in [0.29, 0.717) is 0 Å². The van der Waals surface area contributed by atoms with Crippen molar-refractivity contribution >= 4 is 33.2 Å². The van der Waals surface area contributed by atoms with Crippen LogP contribution in [0.25, 0.3) is 0 Å². The van der Waals surface area contributed by atoms with E-state index in [1.807, 2.05) is 41.8 Å². The summed E-state index contributed by atoms with van der Waals surface area (Å²) in [7, 11) is 0. The summed E-state index contributed by atoms with van der Waals surface area (Å²) in [6.45, 7) is 0. The second kappa shape index (κ2) is 6.16. The number of rotatable bonds is 5. The summed E-state index contributed by atoms with van der Waals surface area (Å²) < 4.78 is 1.04. The molecule has 1 aromatic carbocycles. The van der Waals surface area contributed by atoms with Gasteiger partial charge in [0, 0.05) is 15.3 Å². The van der Waals surface area contributed by atoms with E-state index in [1.54, 1.807) is 11.3 Å². The molecular formula is C14H13BrO2S.